The van der Waals surface area contributed by atoms with Crippen LogP contribution in [0, 0.1) is 5.95 Å². The minimum Gasteiger partial charge on any atom is -0.468 e. The van der Waals surface area contributed by atoms with Gasteiger partial charge in [-0.15, -0.1) is 0 Å². The third-order valence-electron chi connectivity index (χ3n) is 2.97. The number of nitrogens with two attached hydrogens (primary N) is 1. The number of hydrogen-bond acceptors (Lipinski definition) is 4. The Labute approximate surface area is 116 Å². The number of pyridine rings is 1. The highest BCUT2D eigenvalue weighted by Crippen LogP contribution is 2.20. The van der Waals surface area contributed by atoms with Gasteiger partial charge in [-0.3, -0.25) is 4.79 Å². The van der Waals surface area contributed by atoms with Gasteiger partial charge in [0.15, 0.2) is 0 Å². The second kappa shape index (κ2) is 6.25. The van der Waals surface area contributed by atoms with Crippen LogP contribution in [0.1, 0.15) is 5.56 Å². The summed E-state index contributed by atoms with van der Waals surface area (Å²) >= 11 is 0. The van der Waals surface area contributed by atoms with Crippen LogP contribution in [0.5, 0.6) is 0 Å². The molecule has 2 rings (SSSR count). The Balaban J connectivity index is 2.12. The molecule has 0 bridgehead atoms. The number of ether oxygens (including phenoxy) is 1. The van der Waals surface area contributed by atoms with Gasteiger partial charge >= 0.3 is 5.97 Å². The molecule has 5 heteroatoms. The van der Waals surface area contributed by atoms with Gasteiger partial charge < -0.3 is 10.5 Å². The molecular weight excluding hydrogens is 259 g/mol. The summed E-state index contributed by atoms with van der Waals surface area (Å²) in [7, 11) is 1.31. The number of aromatic nitrogens is 1. The molecule has 0 spiro atoms. The van der Waals surface area contributed by atoms with E-state index in [9.17, 15) is 9.18 Å². The molecule has 0 amide bonds. The first-order chi connectivity index (χ1) is 9.60. The molecule has 1 aromatic heterocycles. The van der Waals surface area contributed by atoms with Crippen LogP contribution < -0.4 is 5.73 Å². The van der Waals surface area contributed by atoms with Crippen LogP contribution in [-0.2, 0) is 16.0 Å². The van der Waals surface area contributed by atoms with Crippen molar-refractivity contribution >= 4 is 5.97 Å². The molecule has 1 heterocycles. The fourth-order valence-corrected chi connectivity index (χ4v) is 1.90. The van der Waals surface area contributed by atoms with Crippen LogP contribution in [0.4, 0.5) is 4.39 Å². The summed E-state index contributed by atoms with van der Waals surface area (Å²) in [6.45, 7) is 0. The van der Waals surface area contributed by atoms with E-state index >= 15 is 0 Å². The molecule has 2 aromatic rings. The second-order valence-electron chi connectivity index (χ2n) is 4.40. The van der Waals surface area contributed by atoms with Crippen LogP contribution in [0.25, 0.3) is 11.1 Å². The third kappa shape index (κ3) is 3.39. The van der Waals surface area contributed by atoms with Crippen LogP contribution in [-0.4, -0.2) is 24.1 Å². The van der Waals surface area contributed by atoms with Crippen molar-refractivity contribution in [3.8, 4) is 11.1 Å². The summed E-state index contributed by atoms with van der Waals surface area (Å²) in [5.74, 6) is -0.954. The number of rotatable bonds is 4. The zero-order valence-electron chi connectivity index (χ0n) is 11.0. The maximum absolute atomic E-state index is 13.1. The largest absolute Gasteiger partial charge is 0.468 e. The molecule has 0 aliphatic rings. The van der Waals surface area contributed by atoms with Gasteiger partial charge in [0.25, 0.3) is 0 Å². The lowest BCUT2D eigenvalue weighted by atomic mass is 10.0. The van der Waals surface area contributed by atoms with Gasteiger partial charge in [0.2, 0.25) is 5.95 Å². The third-order valence-corrected chi connectivity index (χ3v) is 2.97. The number of methoxy groups -OCH3 is 1. The van der Waals surface area contributed by atoms with Crippen molar-refractivity contribution in [3.63, 3.8) is 0 Å². The summed E-state index contributed by atoms with van der Waals surface area (Å²) in [5, 5.41) is 0. The average Bonchev–Trinajstić information content (AvgIpc) is 2.47. The lowest BCUT2D eigenvalue weighted by Gasteiger charge is -2.09. The van der Waals surface area contributed by atoms with E-state index < -0.39 is 18.0 Å². The fourth-order valence-electron chi connectivity index (χ4n) is 1.90. The van der Waals surface area contributed by atoms with Crippen LogP contribution in [0.2, 0.25) is 0 Å². The molecule has 104 valence electrons. The van der Waals surface area contributed by atoms with Crippen LogP contribution in [0.3, 0.4) is 0 Å². The van der Waals surface area contributed by atoms with Gasteiger partial charge in [-0.1, -0.05) is 24.3 Å². The SMILES string of the molecule is COC(=O)C(N)Cc1ccc(-c2ccnc(F)c2)cc1. The number of hydrogen-bond donors (Lipinski definition) is 1. The lowest BCUT2D eigenvalue weighted by Crippen LogP contribution is -2.33. The lowest BCUT2D eigenvalue weighted by molar-refractivity contribution is -0.142. The fraction of sp³-hybridized carbons (Fsp3) is 0.200. The van der Waals surface area contributed by atoms with Crippen molar-refractivity contribution in [1.29, 1.82) is 0 Å². The van der Waals surface area contributed by atoms with Crippen molar-refractivity contribution < 1.29 is 13.9 Å². The molecule has 2 N–H and O–H groups in total. The maximum atomic E-state index is 13.1. The average molecular weight is 274 g/mol. The van der Waals surface area contributed by atoms with E-state index in [0.717, 1.165) is 16.7 Å². The highest BCUT2D eigenvalue weighted by Gasteiger charge is 2.14. The van der Waals surface area contributed by atoms with Crippen LogP contribution >= 0.6 is 0 Å². The normalized spacial score (nSPS) is 11.9. The number of carbonyl (C=O) groups is 1. The smallest absolute Gasteiger partial charge is 0.322 e. The zero-order chi connectivity index (χ0) is 14.5. The Kier molecular flexibility index (Phi) is 4.42. The zero-order valence-corrected chi connectivity index (χ0v) is 11.0. The van der Waals surface area contributed by atoms with Crippen LogP contribution in [0.15, 0.2) is 42.6 Å². The highest BCUT2D eigenvalue weighted by molar-refractivity contribution is 5.75. The second-order valence-corrected chi connectivity index (χ2v) is 4.40. The first-order valence-electron chi connectivity index (χ1n) is 6.14. The Morgan fingerprint density at radius 3 is 2.60 bits per heavy atom. The first kappa shape index (κ1) is 14.1. The van der Waals surface area contributed by atoms with E-state index in [-0.39, 0.29) is 0 Å². The summed E-state index contributed by atoms with van der Waals surface area (Å²) in [4.78, 5) is 14.8. The molecule has 1 aromatic carbocycles. The molecule has 1 unspecified atom stereocenters. The Morgan fingerprint density at radius 2 is 2.00 bits per heavy atom. The molecule has 0 aliphatic heterocycles. The maximum Gasteiger partial charge on any atom is 0.322 e. The van der Waals surface area contributed by atoms with Crippen molar-refractivity contribution in [2.75, 3.05) is 7.11 Å². The first-order valence-corrected chi connectivity index (χ1v) is 6.14. The molecular formula is C15H15FN2O2. The summed E-state index contributed by atoms with van der Waals surface area (Å²) < 4.78 is 17.6. The molecule has 20 heavy (non-hydrogen) atoms. The molecule has 0 aliphatic carbocycles. The highest BCUT2D eigenvalue weighted by atomic mass is 19.1. The van der Waals surface area contributed by atoms with Crippen molar-refractivity contribution in [1.82, 2.24) is 4.98 Å². The minimum atomic E-state index is -0.677. The number of benzene rings is 1. The van der Waals surface area contributed by atoms with Gasteiger partial charge in [0, 0.05) is 12.3 Å². The summed E-state index contributed by atoms with van der Waals surface area (Å²) in [6.07, 6.45) is 1.82. The quantitative estimate of drug-likeness (QED) is 0.683. The van der Waals surface area contributed by atoms with E-state index in [0.29, 0.717) is 6.42 Å². The number of carbonyl (C=O) groups excluding carboxylic acids is 1. The number of esters is 1. The predicted molar refractivity (Wildman–Crippen MR) is 73.3 cm³/mol. The number of nitrogens with zero attached hydrogens (tertiary/aromatic N) is 1. The predicted octanol–water partition coefficient (Wildman–Crippen LogP) is 1.93. The molecule has 0 fully saturated rings. The van der Waals surface area contributed by atoms with E-state index in [1.54, 1.807) is 6.07 Å². The Morgan fingerprint density at radius 1 is 1.30 bits per heavy atom. The Hall–Kier alpha value is -2.27. The molecule has 0 saturated carbocycles. The van der Waals surface area contributed by atoms with E-state index in [4.69, 9.17) is 5.73 Å². The van der Waals surface area contributed by atoms with E-state index in [1.807, 2.05) is 24.3 Å². The van der Waals surface area contributed by atoms with Crippen molar-refractivity contribution in [2.45, 2.75) is 12.5 Å². The van der Waals surface area contributed by atoms with E-state index in [2.05, 4.69) is 9.72 Å². The molecule has 1 atom stereocenters. The van der Waals surface area contributed by atoms with Crippen molar-refractivity contribution in [2.24, 2.45) is 5.73 Å². The van der Waals surface area contributed by atoms with Gasteiger partial charge in [-0.05, 0) is 29.2 Å². The van der Waals surface area contributed by atoms with Gasteiger partial charge in [0.1, 0.15) is 6.04 Å². The molecule has 0 saturated heterocycles. The van der Waals surface area contributed by atoms with Gasteiger partial charge in [-0.2, -0.15) is 4.39 Å². The standard InChI is InChI=1S/C15H15FN2O2/c1-20-15(19)13(17)8-10-2-4-11(5-3-10)12-6-7-18-14(16)9-12/h2-7,9,13H,8,17H2,1H3. The van der Waals surface area contributed by atoms with E-state index in [1.165, 1.54) is 19.4 Å². The molecule has 4 nitrogen and oxygen atoms in total. The Bertz CT molecular complexity index is 599. The van der Waals surface area contributed by atoms with Crippen molar-refractivity contribution in [3.05, 3.63) is 54.1 Å². The topological polar surface area (TPSA) is 65.2 Å². The minimum absolute atomic E-state index is 0.400. The monoisotopic (exact) mass is 274 g/mol. The molecule has 0 radical (unpaired) electrons. The summed E-state index contributed by atoms with van der Waals surface area (Å²) in [5.41, 5.74) is 8.24. The van der Waals surface area contributed by atoms with Gasteiger partial charge in [0.05, 0.1) is 7.11 Å². The summed E-state index contributed by atoms with van der Waals surface area (Å²) in [6, 6.07) is 9.85. The van der Waals surface area contributed by atoms with Gasteiger partial charge in [-0.25, -0.2) is 4.98 Å². The number of halogens is 1.